The molecule has 0 spiro atoms. The summed E-state index contributed by atoms with van der Waals surface area (Å²) >= 11 is 0. The third-order valence-electron chi connectivity index (χ3n) is 2.49. The standard InChI is InChI=1S/C14H18N2O5/c1-21-14(20)11(7-9-5-3-2-4-6-9)16-13(19)10(15)8-12(17)18/h2-6,10-11H,7-8,15H2,1H3,(H,16,19)(H,17,18)/t10-,11-/m1/s1/i2D,3D,4D,5D,6D. The molecule has 0 radical (unpaired) electrons. The Morgan fingerprint density at radius 1 is 1.38 bits per heavy atom. The van der Waals surface area contributed by atoms with Crippen molar-refractivity contribution >= 4 is 17.8 Å². The lowest BCUT2D eigenvalue weighted by Gasteiger charge is -2.18. The van der Waals surface area contributed by atoms with Gasteiger partial charge in [-0.1, -0.05) is 30.2 Å². The molecule has 0 heterocycles. The number of rotatable bonds is 7. The molecular formula is C14H18N2O5. The van der Waals surface area contributed by atoms with E-state index in [0.29, 0.717) is 0 Å². The number of carbonyl (C=O) groups is 3. The third-order valence-corrected chi connectivity index (χ3v) is 2.49. The fraction of sp³-hybridized carbons (Fsp3) is 0.357. The van der Waals surface area contributed by atoms with E-state index < -0.39 is 73.0 Å². The minimum absolute atomic E-state index is 0.196. The number of esters is 1. The maximum atomic E-state index is 12.0. The number of nitrogens with one attached hydrogen (secondary N) is 1. The molecule has 1 rings (SSSR count). The maximum Gasteiger partial charge on any atom is 0.328 e. The van der Waals surface area contributed by atoms with Gasteiger partial charge in [0.1, 0.15) is 6.04 Å². The summed E-state index contributed by atoms with van der Waals surface area (Å²) in [5.41, 5.74) is 5.23. The van der Waals surface area contributed by atoms with Crippen LogP contribution >= 0.6 is 0 Å². The van der Waals surface area contributed by atoms with Gasteiger partial charge in [0.15, 0.2) is 0 Å². The van der Waals surface area contributed by atoms with Gasteiger partial charge in [0, 0.05) is 6.42 Å². The number of aliphatic carboxylic acids is 1. The molecule has 4 N–H and O–H groups in total. The van der Waals surface area contributed by atoms with Crippen molar-refractivity contribution in [3.63, 3.8) is 0 Å². The van der Waals surface area contributed by atoms with Crippen LogP contribution in [-0.2, 0) is 25.5 Å². The van der Waals surface area contributed by atoms with E-state index in [2.05, 4.69) is 10.1 Å². The molecule has 114 valence electrons. The Balaban J connectivity index is 3.16. The van der Waals surface area contributed by atoms with E-state index in [9.17, 15) is 14.4 Å². The highest BCUT2D eigenvalue weighted by Crippen LogP contribution is 2.05. The molecule has 0 fully saturated rings. The van der Waals surface area contributed by atoms with E-state index in [4.69, 9.17) is 17.7 Å². The first-order chi connectivity index (χ1) is 12.0. The highest BCUT2D eigenvalue weighted by Gasteiger charge is 2.25. The Morgan fingerprint density at radius 2 is 2.00 bits per heavy atom. The number of methoxy groups -OCH3 is 1. The number of hydrogen-bond donors (Lipinski definition) is 3. The molecule has 1 aromatic carbocycles. The summed E-state index contributed by atoms with van der Waals surface area (Å²) in [5.74, 6) is -3.20. The van der Waals surface area contributed by atoms with Crippen LogP contribution in [0.25, 0.3) is 0 Å². The Kier molecular flexibility index (Phi) is 3.94. The summed E-state index contributed by atoms with van der Waals surface area (Å²) < 4.78 is 43.0. The van der Waals surface area contributed by atoms with Gasteiger partial charge in [-0.15, -0.1) is 0 Å². The molecule has 1 amide bonds. The molecule has 0 bridgehead atoms. The molecule has 7 heteroatoms. The van der Waals surface area contributed by atoms with Crippen LogP contribution in [0.5, 0.6) is 0 Å². The average molecular weight is 299 g/mol. The first-order valence-corrected chi connectivity index (χ1v) is 5.92. The molecule has 0 unspecified atom stereocenters. The molecule has 0 aliphatic carbocycles. The number of hydrogen-bond acceptors (Lipinski definition) is 5. The van der Waals surface area contributed by atoms with Crippen LogP contribution in [0.2, 0.25) is 0 Å². The number of nitrogens with two attached hydrogens (primary N) is 1. The normalized spacial score (nSPS) is 16.4. The third kappa shape index (κ3) is 5.62. The topological polar surface area (TPSA) is 119 Å². The van der Waals surface area contributed by atoms with Crippen LogP contribution in [0, 0.1) is 0 Å². The number of carboxylic acids is 1. The zero-order valence-corrected chi connectivity index (χ0v) is 11.2. The van der Waals surface area contributed by atoms with E-state index in [1.165, 1.54) is 0 Å². The first kappa shape index (κ1) is 10.3. The van der Waals surface area contributed by atoms with Crippen LogP contribution in [0.4, 0.5) is 0 Å². The molecule has 0 saturated heterocycles. The fourth-order valence-corrected chi connectivity index (χ4v) is 1.48. The second-order valence-electron chi connectivity index (χ2n) is 4.10. The molecule has 0 aliphatic rings. The highest BCUT2D eigenvalue weighted by atomic mass is 16.5. The summed E-state index contributed by atoms with van der Waals surface area (Å²) in [5, 5.41) is 10.8. The van der Waals surface area contributed by atoms with Crippen LogP contribution in [0.1, 0.15) is 18.8 Å². The van der Waals surface area contributed by atoms with Gasteiger partial charge in [0.2, 0.25) is 5.91 Å². The number of carboxylic acid groups (broad SMARTS) is 1. The van der Waals surface area contributed by atoms with Crippen molar-refractivity contribution in [3.8, 4) is 0 Å². The van der Waals surface area contributed by atoms with E-state index in [1.54, 1.807) is 0 Å². The monoisotopic (exact) mass is 299 g/mol. The Hall–Kier alpha value is -2.41. The summed E-state index contributed by atoms with van der Waals surface area (Å²) in [7, 11) is 1.04. The van der Waals surface area contributed by atoms with Gasteiger partial charge in [-0.25, -0.2) is 4.79 Å². The van der Waals surface area contributed by atoms with Crippen molar-refractivity contribution < 1.29 is 31.1 Å². The number of amides is 1. The van der Waals surface area contributed by atoms with Gasteiger partial charge in [0.25, 0.3) is 0 Å². The van der Waals surface area contributed by atoms with Crippen molar-refractivity contribution in [2.75, 3.05) is 7.11 Å². The van der Waals surface area contributed by atoms with Gasteiger partial charge in [-0.2, -0.15) is 0 Å². The Morgan fingerprint density at radius 3 is 2.52 bits per heavy atom. The highest BCUT2D eigenvalue weighted by molar-refractivity contribution is 5.89. The van der Waals surface area contributed by atoms with Crippen molar-refractivity contribution in [2.24, 2.45) is 5.73 Å². The molecular weight excluding hydrogens is 276 g/mol. The van der Waals surface area contributed by atoms with E-state index in [-0.39, 0.29) is 5.56 Å². The van der Waals surface area contributed by atoms with Gasteiger partial charge in [-0.3, -0.25) is 9.59 Å². The van der Waals surface area contributed by atoms with Crippen LogP contribution in [0.3, 0.4) is 0 Å². The quantitative estimate of drug-likeness (QED) is 0.594. The summed E-state index contributed by atoms with van der Waals surface area (Å²) in [6.45, 7) is 0. The predicted molar refractivity (Wildman–Crippen MR) is 74.3 cm³/mol. The molecule has 1 aromatic rings. The van der Waals surface area contributed by atoms with Gasteiger partial charge >= 0.3 is 11.9 Å². The predicted octanol–water partition coefficient (Wildman–Crippen LogP) is -0.311. The smallest absolute Gasteiger partial charge is 0.328 e. The SMILES string of the molecule is [2H]c1c([2H])c([2H])c(C[C@@H](NC(=O)[C@H](N)CC(=O)O)C(=O)OC)c([2H])c1[2H]. The number of benzene rings is 1. The van der Waals surface area contributed by atoms with E-state index >= 15 is 0 Å². The Labute approximate surface area is 129 Å². The number of ether oxygens (including phenoxy) is 1. The second-order valence-corrected chi connectivity index (χ2v) is 4.10. The molecule has 0 aromatic heterocycles. The zero-order chi connectivity index (χ0) is 20.2. The van der Waals surface area contributed by atoms with Crippen LogP contribution in [-0.4, -0.2) is 42.1 Å². The molecule has 0 saturated carbocycles. The van der Waals surface area contributed by atoms with Crippen molar-refractivity contribution in [2.45, 2.75) is 24.9 Å². The largest absolute Gasteiger partial charge is 0.481 e. The molecule has 2 atom stereocenters. The molecule has 7 nitrogen and oxygen atoms in total. The minimum Gasteiger partial charge on any atom is -0.481 e. The first-order valence-electron chi connectivity index (χ1n) is 8.42. The van der Waals surface area contributed by atoms with Gasteiger partial charge < -0.3 is 20.9 Å². The zero-order valence-electron chi connectivity index (χ0n) is 16.2. The van der Waals surface area contributed by atoms with Crippen molar-refractivity contribution in [1.29, 1.82) is 0 Å². The van der Waals surface area contributed by atoms with Crippen molar-refractivity contribution in [1.82, 2.24) is 5.32 Å². The van der Waals surface area contributed by atoms with E-state index in [1.807, 2.05) is 0 Å². The Bertz CT molecular complexity index is 714. The maximum absolute atomic E-state index is 12.0. The van der Waals surface area contributed by atoms with Crippen molar-refractivity contribution in [3.05, 3.63) is 35.8 Å². The summed E-state index contributed by atoms with van der Waals surface area (Å²) in [6.07, 6.45) is -1.12. The van der Waals surface area contributed by atoms with E-state index in [0.717, 1.165) is 7.11 Å². The van der Waals surface area contributed by atoms with Crippen LogP contribution in [0.15, 0.2) is 30.2 Å². The lowest BCUT2D eigenvalue weighted by molar-refractivity contribution is -0.145. The summed E-state index contributed by atoms with van der Waals surface area (Å²) in [4.78, 5) is 34.5. The number of carbonyl (C=O) groups excluding carboxylic acids is 2. The van der Waals surface area contributed by atoms with Gasteiger partial charge in [-0.05, 0) is 5.56 Å². The lowest BCUT2D eigenvalue weighted by atomic mass is 10.1. The minimum atomic E-state index is -1.43. The molecule has 21 heavy (non-hydrogen) atoms. The second kappa shape index (κ2) is 8.01. The molecule has 0 aliphatic heterocycles. The summed E-state index contributed by atoms with van der Waals surface area (Å²) in [6, 6.07) is -5.64. The fourth-order valence-electron chi connectivity index (χ4n) is 1.48. The lowest BCUT2D eigenvalue weighted by Crippen LogP contribution is -2.50. The average Bonchev–Trinajstić information content (AvgIpc) is 2.59. The van der Waals surface area contributed by atoms with Crippen LogP contribution < -0.4 is 11.1 Å². The van der Waals surface area contributed by atoms with Gasteiger partial charge in [0.05, 0.1) is 26.4 Å².